The molecule has 43 heavy (non-hydrogen) atoms. The number of fused-ring (bicyclic) bond motifs is 7. The number of halogens is 1. The quantitative estimate of drug-likeness (QED) is 0.298. The van der Waals surface area contributed by atoms with Crippen LogP contribution in [0.2, 0.25) is 0 Å². The topological polar surface area (TPSA) is 46.2 Å². The molecule has 3 heterocycles. The molecule has 4 aliphatic carbocycles. The van der Waals surface area contributed by atoms with E-state index in [1.807, 2.05) is 12.1 Å². The molecule has 13 atom stereocenters. The maximum Gasteiger partial charge on any atom is 0.202 e. The fourth-order valence-electron chi connectivity index (χ4n) is 11.9. The molecule has 7 aliphatic rings. The molecule has 2 spiro atoms. The van der Waals surface area contributed by atoms with E-state index in [-0.39, 0.29) is 11.9 Å². The molecule has 0 radical (unpaired) electrons. The standard InChI is InChI=1S/C37H51BrO5/c1-22-12-15-37(40-20-22)24(3)33-31(41-37)18-30-28-11-8-26-19-36(17-16-34(26,4)29(28)13-14-35(30,33)5)39-21-32(42-43-36)23(2)25-6-9-27(38)10-7-25/h6-7,9-10,22,24,26,28-33H,2,8,11-21H2,1,3-5H3/t22-,24+,26?,28?,29?,30?,31?,32?,33?,34+,35+,36?,37?/m1/s1. The average molecular weight is 656 g/mol. The Morgan fingerprint density at radius 3 is 2.42 bits per heavy atom. The smallest absolute Gasteiger partial charge is 0.202 e. The van der Waals surface area contributed by atoms with Crippen LogP contribution in [0.15, 0.2) is 35.3 Å². The van der Waals surface area contributed by atoms with E-state index in [1.54, 1.807) is 0 Å². The second-order valence-corrected chi connectivity index (χ2v) is 17.2. The molecular formula is C37H51BrO5. The van der Waals surface area contributed by atoms with Crippen molar-refractivity contribution in [2.24, 2.45) is 52.3 Å². The normalized spacial score (nSPS) is 52.3. The van der Waals surface area contributed by atoms with Gasteiger partial charge in [0.15, 0.2) is 5.79 Å². The minimum Gasteiger partial charge on any atom is -0.349 e. The molecule has 6 heteroatoms. The second-order valence-electron chi connectivity index (χ2n) is 16.3. The number of ether oxygens (including phenoxy) is 3. The molecular weight excluding hydrogens is 604 g/mol. The monoisotopic (exact) mass is 654 g/mol. The Balaban J connectivity index is 0.939. The molecule has 1 aromatic rings. The first-order chi connectivity index (χ1) is 20.6. The van der Waals surface area contributed by atoms with Gasteiger partial charge < -0.3 is 14.2 Å². The van der Waals surface area contributed by atoms with Crippen LogP contribution in [-0.2, 0) is 24.0 Å². The summed E-state index contributed by atoms with van der Waals surface area (Å²) in [5.41, 5.74) is 2.68. The third kappa shape index (κ3) is 4.47. The maximum absolute atomic E-state index is 7.00. The largest absolute Gasteiger partial charge is 0.349 e. The van der Waals surface area contributed by atoms with E-state index in [2.05, 4.69) is 62.3 Å². The van der Waals surface area contributed by atoms with Gasteiger partial charge in [-0.15, -0.1) is 0 Å². The van der Waals surface area contributed by atoms with Gasteiger partial charge in [0.2, 0.25) is 5.79 Å². The lowest BCUT2D eigenvalue weighted by Crippen LogP contribution is -2.58. The van der Waals surface area contributed by atoms with E-state index in [0.29, 0.717) is 47.2 Å². The van der Waals surface area contributed by atoms with Gasteiger partial charge in [-0.3, -0.25) is 0 Å². The lowest BCUT2D eigenvalue weighted by molar-refractivity contribution is -0.489. The van der Waals surface area contributed by atoms with Crippen molar-refractivity contribution in [3.63, 3.8) is 0 Å². The van der Waals surface area contributed by atoms with Crippen LogP contribution in [-0.4, -0.2) is 37.0 Å². The zero-order valence-corrected chi connectivity index (χ0v) is 28.2. The molecule has 9 unspecified atom stereocenters. The van der Waals surface area contributed by atoms with Gasteiger partial charge >= 0.3 is 0 Å². The van der Waals surface area contributed by atoms with Gasteiger partial charge in [-0.1, -0.05) is 62.3 Å². The summed E-state index contributed by atoms with van der Waals surface area (Å²) < 4.78 is 21.2. The van der Waals surface area contributed by atoms with Crippen LogP contribution in [0.25, 0.3) is 5.57 Å². The molecule has 0 bridgehead atoms. The number of rotatable bonds is 2. The Labute approximate surface area is 266 Å². The van der Waals surface area contributed by atoms with Crippen LogP contribution in [0.1, 0.15) is 97.5 Å². The predicted octanol–water partition coefficient (Wildman–Crippen LogP) is 8.95. The van der Waals surface area contributed by atoms with E-state index >= 15 is 0 Å². The van der Waals surface area contributed by atoms with E-state index < -0.39 is 5.79 Å². The van der Waals surface area contributed by atoms with Gasteiger partial charge in [-0.05, 0) is 115 Å². The Kier molecular flexibility index (Phi) is 7.15. The molecule has 3 aliphatic heterocycles. The number of benzene rings is 1. The fraction of sp³-hybridized carbons (Fsp3) is 0.784. The second kappa shape index (κ2) is 10.4. The van der Waals surface area contributed by atoms with Crippen LogP contribution in [0.5, 0.6) is 0 Å². The van der Waals surface area contributed by atoms with Crippen molar-refractivity contribution in [3.05, 3.63) is 40.9 Å². The van der Waals surface area contributed by atoms with Crippen molar-refractivity contribution in [2.45, 2.75) is 116 Å². The van der Waals surface area contributed by atoms with E-state index in [4.69, 9.17) is 24.0 Å². The van der Waals surface area contributed by atoms with E-state index in [9.17, 15) is 0 Å². The Bertz CT molecular complexity index is 1230. The van der Waals surface area contributed by atoms with E-state index in [1.165, 1.54) is 38.5 Å². The highest BCUT2D eigenvalue weighted by atomic mass is 79.9. The minimum atomic E-state index is -0.615. The van der Waals surface area contributed by atoms with Crippen molar-refractivity contribution >= 4 is 21.5 Å². The molecule has 0 aromatic heterocycles. The van der Waals surface area contributed by atoms with Gasteiger partial charge in [0, 0.05) is 29.7 Å². The summed E-state index contributed by atoms with van der Waals surface area (Å²) >= 11 is 3.52. The van der Waals surface area contributed by atoms with Gasteiger partial charge in [-0.2, -0.15) is 0 Å². The van der Waals surface area contributed by atoms with Crippen LogP contribution in [0, 0.1) is 52.3 Å². The lowest BCUT2D eigenvalue weighted by atomic mass is 9.44. The van der Waals surface area contributed by atoms with Crippen molar-refractivity contribution in [2.75, 3.05) is 13.2 Å². The van der Waals surface area contributed by atoms with Gasteiger partial charge in [0.25, 0.3) is 0 Å². The van der Waals surface area contributed by atoms with Crippen LogP contribution in [0.3, 0.4) is 0 Å². The van der Waals surface area contributed by atoms with Gasteiger partial charge in [0.05, 0.1) is 19.3 Å². The first-order valence-electron chi connectivity index (χ1n) is 17.3. The summed E-state index contributed by atoms with van der Waals surface area (Å²) in [7, 11) is 0. The Hall–Kier alpha value is -0.760. The predicted molar refractivity (Wildman–Crippen MR) is 170 cm³/mol. The molecule has 0 N–H and O–H groups in total. The SMILES string of the molecule is C=C(c1ccc(Br)cc1)C1COC2(CC[C@@]3(C)C(CCC4C3CC[C@@]3(C)C4CC4OC5(CC[C@@H](C)CO5)[C@@H](C)C43)C2)OO1. The summed E-state index contributed by atoms with van der Waals surface area (Å²) in [6, 6.07) is 8.19. The third-order valence-corrected chi connectivity index (χ3v) is 14.9. The summed E-state index contributed by atoms with van der Waals surface area (Å²) in [5, 5.41) is 0. The highest BCUT2D eigenvalue weighted by Crippen LogP contribution is 2.72. The van der Waals surface area contributed by atoms with E-state index in [0.717, 1.165) is 65.7 Å². The molecule has 236 valence electrons. The Morgan fingerprint density at radius 1 is 0.884 bits per heavy atom. The fourth-order valence-corrected chi connectivity index (χ4v) is 12.1. The van der Waals surface area contributed by atoms with Crippen molar-refractivity contribution < 1.29 is 24.0 Å². The average Bonchev–Trinajstić information content (AvgIpc) is 3.45. The van der Waals surface area contributed by atoms with Crippen LogP contribution < -0.4 is 0 Å². The molecule has 5 nitrogen and oxygen atoms in total. The highest BCUT2D eigenvalue weighted by molar-refractivity contribution is 9.10. The van der Waals surface area contributed by atoms with Crippen molar-refractivity contribution in [1.82, 2.24) is 0 Å². The molecule has 0 amide bonds. The maximum atomic E-state index is 7.00. The first-order valence-corrected chi connectivity index (χ1v) is 18.1. The van der Waals surface area contributed by atoms with Crippen LogP contribution in [0.4, 0.5) is 0 Å². The summed E-state index contributed by atoms with van der Waals surface area (Å²) in [5.74, 6) is 3.81. The number of hydrogen-bond acceptors (Lipinski definition) is 5. The first kappa shape index (κ1) is 29.6. The van der Waals surface area contributed by atoms with Gasteiger partial charge in [0.1, 0.15) is 6.10 Å². The summed E-state index contributed by atoms with van der Waals surface area (Å²) in [6.07, 6.45) is 11.9. The van der Waals surface area contributed by atoms with Gasteiger partial charge in [-0.25, -0.2) is 9.78 Å². The summed E-state index contributed by atoms with van der Waals surface area (Å²) in [6.45, 7) is 15.7. The molecule has 7 fully saturated rings. The Morgan fingerprint density at radius 2 is 1.70 bits per heavy atom. The van der Waals surface area contributed by atoms with Crippen LogP contribution >= 0.6 is 15.9 Å². The van der Waals surface area contributed by atoms with Crippen molar-refractivity contribution in [3.8, 4) is 0 Å². The third-order valence-electron chi connectivity index (χ3n) is 14.4. The lowest BCUT2D eigenvalue weighted by Gasteiger charge is -2.62. The molecule has 3 saturated heterocycles. The molecule has 1 aromatic carbocycles. The van der Waals surface area contributed by atoms with Crippen molar-refractivity contribution in [1.29, 1.82) is 0 Å². The minimum absolute atomic E-state index is 0.278. The zero-order valence-electron chi connectivity index (χ0n) is 26.6. The zero-order chi connectivity index (χ0) is 29.8. The summed E-state index contributed by atoms with van der Waals surface area (Å²) in [4.78, 5) is 12.3. The molecule has 4 saturated carbocycles. The molecule has 8 rings (SSSR count). The number of hydrogen-bond donors (Lipinski definition) is 0. The highest BCUT2D eigenvalue weighted by Gasteiger charge is 2.69.